The van der Waals surface area contributed by atoms with Gasteiger partial charge in [0.1, 0.15) is 0 Å². The van der Waals surface area contributed by atoms with E-state index >= 15 is 0 Å². The van der Waals surface area contributed by atoms with E-state index in [0.717, 1.165) is 27.6 Å². The highest BCUT2D eigenvalue weighted by Crippen LogP contribution is 2.21. The minimum Gasteiger partial charge on any atom is -0.288 e. The van der Waals surface area contributed by atoms with E-state index in [9.17, 15) is 4.79 Å². The van der Waals surface area contributed by atoms with Crippen LogP contribution in [0.1, 0.15) is 27.0 Å². The van der Waals surface area contributed by atoms with Gasteiger partial charge in [0.25, 0.3) is 0 Å². The Bertz CT molecular complexity index is 811. The summed E-state index contributed by atoms with van der Waals surface area (Å²) in [6.07, 6.45) is 8.12. The molecule has 3 aromatic rings. The number of carbonyl (C=O) groups is 1. The number of fused-ring (bicyclic) bond motifs is 1. The van der Waals surface area contributed by atoms with E-state index in [4.69, 9.17) is 0 Å². The standard InChI is InChI=1S/C18H15NOS/c1-2-15-7-9-18(21-15)17(20)8-6-13-4-3-5-14-12-19-11-10-16(13)14/h3-12H,2H2,1H3/b8-6+. The predicted octanol–water partition coefficient (Wildman–Crippen LogP) is 4.75. The van der Waals surface area contributed by atoms with Gasteiger partial charge >= 0.3 is 0 Å². The van der Waals surface area contributed by atoms with Crippen molar-refractivity contribution in [2.24, 2.45) is 0 Å². The van der Waals surface area contributed by atoms with Gasteiger partial charge in [0.2, 0.25) is 0 Å². The van der Waals surface area contributed by atoms with Crippen LogP contribution in [0.25, 0.3) is 16.8 Å². The van der Waals surface area contributed by atoms with Gasteiger partial charge in [-0.15, -0.1) is 11.3 Å². The Morgan fingerprint density at radius 1 is 1.24 bits per heavy atom. The van der Waals surface area contributed by atoms with E-state index in [1.54, 1.807) is 23.6 Å². The third kappa shape index (κ3) is 2.93. The van der Waals surface area contributed by atoms with Crippen molar-refractivity contribution < 1.29 is 4.79 Å². The first-order chi connectivity index (χ1) is 10.3. The number of carbonyl (C=O) groups excluding carboxylic acids is 1. The van der Waals surface area contributed by atoms with Gasteiger partial charge in [0, 0.05) is 22.7 Å². The smallest absolute Gasteiger partial charge is 0.195 e. The fourth-order valence-corrected chi connectivity index (χ4v) is 3.11. The summed E-state index contributed by atoms with van der Waals surface area (Å²) in [5, 5.41) is 2.19. The fourth-order valence-electron chi connectivity index (χ4n) is 2.24. The molecule has 0 saturated carbocycles. The maximum atomic E-state index is 12.2. The molecule has 0 bridgehead atoms. The van der Waals surface area contributed by atoms with Crippen molar-refractivity contribution in [2.45, 2.75) is 13.3 Å². The molecule has 3 rings (SSSR count). The minimum atomic E-state index is 0.0609. The molecule has 0 radical (unpaired) electrons. The molecule has 0 unspecified atom stereocenters. The van der Waals surface area contributed by atoms with Crippen LogP contribution in [0.5, 0.6) is 0 Å². The third-order valence-corrected chi connectivity index (χ3v) is 4.63. The van der Waals surface area contributed by atoms with Crippen LogP contribution in [-0.4, -0.2) is 10.8 Å². The van der Waals surface area contributed by atoms with Gasteiger partial charge in [0.15, 0.2) is 5.78 Å². The second-order valence-electron chi connectivity index (χ2n) is 4.76. The molecular formula is C18H15NOS. The molecule has 2 aromatic heterocycles. The van der Waals surface area contributed by atoms with Gasteiger partial charge in [-0.25, -0.2) is 0 Å². The van der Waals surface area contributed by atoms with Crippen LogP contribution >= 0.6 is 11.3 Å². The maximum Gasteiger partial charge on any atom is 0.195 e. The normalized spacial score (nSPS) is 11.3. The van der Waals surface area contributed by atoms with Gasteiger partial charge in [-0.05, 0) is 41.6 Å². The van der Waals surface area contributed by atoms with Crippen molar-refractivity contribution in [3.63, 3.8) is 0 Å². The van der Waals surface area contributed by atoms with Crippen LogP contribution in [-0.2, 0) is 6.42 Å². The molecule has 1 aromatic carbocycles. The van der Waals surface area contributed by atoms with E-state index in [1.807, 2.05) is 48.7 Å². The van der Waals surface area contributed by atoms with Gasteiger partial charge in [0.05, 0.1) is 4.88 Å². The molecule has 0 saturated heterocycles. The first-order valence-electron chi connectivity index (χ1n) is 6.92. The predicted molar refractivity (Wildman–Crippen MR) is 88.8 cm³/mol. The topological polar surface area (TPSA) is 30.0 Å². The summed E-state index contributed by atoms with van der Waals surface area (Å²) in [4.78, 5) is 18.3. The molecule has 21 heavy (non-hydrogen) atoms. The van der Waals surface area contributed by atoms with E-state index in [1.165, 1.54) is 4.88 Å². The molecule has 0 N–H and O–H groups in total. The second-order valence-corrected chi connectivity index (χ2v) is 5.93. The zero-order valence-electron chi connectivity index (χ0n) is 11.7. The molecule has 0 aliphatic heterocycles. The zero-order valence-corrected chi connectivity index (χ0v) is 12.6. The van der Waals surface area contributed by atoms with Crippen LogP contribution < -0.4 is 0 Å². The lowest BCUT2D eigenvalue weighted by molar-refractivity contribution is 0.105. The molecule has 0 amide bonds. The minimum absolute atomic E-state index is 0.0609. The van der Waals surface area contributed by atoms with Crippen molar-refractivity contribution in [3.05, 3.63) is 70.2 Å². The molecule has 0 aliphatic carbocycles. The van der Waals surface area contributed by atoms with Crippen molar-refractivity contribution in [1.82, 2.24) is 4.98 Å². The Morgan fingerprint density at radius 2 is 2.14 bits per heavy atom. The monoisotopic (exact) mass is 293 g/mol. The van der Waals surface area contributed by atoms with E-state index in [0.29, 0.717) is 0 Å². The SMILES string of the molecule is CCc1ccc(C(=O)/C=C/c2cccc3cnccc23)s1. The number of rotatable bonds is 4. The Labute approximate surface area is 127 Å². The lowest BCUT2D eigenvalue weighted by atomic mass is 10.1. The second kappa shape index (κ2) is 6.02. The third-order valence-electron chi connectivity index (χ3n) is 3.38. The van der Waals surface area contributed by atoms with Crippen molar-refractivity contribution in [3.8, 4) is 0 Å². The van der Waals surface area contributed by atoms with E-state index in [2.05, 4.69) is 11.9 Å². The van der Waals surface area contributed by atoms with Crippen LogP contribution in [0.2, 0.25) is 0 Å². The quantitative estimate of drug-likeness (QED) is 0.513. The Hall–Kier alpha value is -2.26. The summed E-state index contributed by atoms with van der Waals surface area (Å²) in [5.41, 5.74) is 1.04. The maximum absolute atomic E-state index is 12.2. The molecule has 3 heteroatoms. The molecule has 104 valence electrons. The molecule has 2 nitrogen and oxygen atoms in total. The number of pyridine rings is 1. The van der Waals surface area contributed by atoms with E-state index < -0.39 is 0 Å². The lowest BCUT2D eigenvalue weighted by Crippen LogP contribution is -1.89. The average Bonchev–Trinajstić information content (AvgIpc) is 3.01. The number of nitrogens with zero attached hydrogens (tertiary/aromatic N) is 1. The molecule has 0 spiro atoms. The average molecular weight is 293 g/mol. The summed E-state index contributed by atoms with van der Waals surface area (Å²) in [6, 6.07) is 11.9. The summed E-state index contributed by atoms with van der Waals surface area (Å²) < 4.78 is 0. The number of aromatic nitrogens is 1. The molecule has 2 heterocycles. The molecule has 0 fully saturated rings. The highest BCUT2D eigenvalue weighted by molar-refractivity contribution is 7.14. The van der Waals surface area contributed by atoms with Crippen LogP contribution in [0, 0.1) is 0 Å². The fraction of sp³-hybridized carbons (Fsp3) is 0.111. The number of hydrogen-bond acceptors (Lipinski definition) is 3. The van der Waals surface area contributed by atoms with Gasteiger partial charge in [-0.2, -0.15) is 0 Å². The molecular weight excluding hydrogens is 278 g/mol. The summed E-state index contributed by atoms with van der Waals surface area (Å²) >= 11 is 1.57. The summed E-state index contributed by atoms with van der Waals surface area (Å²) in [7, 11) is 0. The van der Waals surface area contributed by atoms with Crippen molar-refractivity contribution >= 4 is 34.0 Å². The van der Waals surface area contributed by atoms with Crippen LogP contribution in [0.15, 0.2) is 54.9 Å². The highest BCUT2D eigenvalue weighted by atomic mass is 32.1. The first kappa shape index (κ1) is 13.7. The van der Waals surface area contributed by atoms with Crippen molar-refractivity contribution in [2.75, 3.05) is 0 Å². The van der Waals surface area contributed by atoms with Crippen molar-refractivity contribution in [1.29, 1.82) is 0 Å². The van der Waals surface area contributed by atoms with Crippen LogP contribution in [0.3, 0.4) is 0 Å². The Morgan fingerprint density at radius 3 is 2.95 bits per heavy atom. The summed E-state index contributed by atoms with van der Waals surface area (Å²) in [5.74, 6) is 0.0609. The molecule has 0 aliphatic rings. The van der Waals surface area contributed by atoms with E-state index in [-0.39, 0.29) is 5.78 Å². The summed E-state index contributed by atoms with van der Waals surface area (Å²) in [6.45, 7) is 2.10. The lowest BCUT2D eigenvalue weighted by Gasteiger charge is -2.00. The number of aryl methyl sites for hydroxylation is 1. The van der Waals surface area contributed by atoms with Gasteiger partial charge in [-0.1, -0.05) is 31.2 Å². The number of benzene rings is 1. The number of thiophene rings is 1. The number of allylic oxidation sites excluding steroid dienone is 1. The first-order valence-corrected chi connectivity index (χ1v) is 7.73. The van der Waals surface area contributed by atoms with Gasteiger partial charge in [-0.3, -0.25) is 9.78 Å². The van der Waals surface area contributed by atoms with Crippen LogP contribution in [0.4, 0.5) is 0 Å². The Balaban J connectivity index is 1.89. The van der Waals surface area contributed by atoms with Gasteiger partial charge < -0.3 is 0 Å². The largest absolute Gasteiger partial charge is 0.288 e. The molecule has 0 atom stereocenters. The number of hydrogen-bond donors (Lipinski definition) is 0. The Kier molecular flexibility index (Phi) is 3.93. The zero-order chi connectivity index (χ0) is 14.7. The highest BCUT2D eigenvalue weighted by Gasteiger charge is 2.05. The number of ketones is 1.